The molecule has 0 saturated carbocycles. The van der Waals surface area contributed by atoms with Crippen LogP contribution in [0.3, 0.4) is 0 Å². The van der Waals surface area contributed by atoms with Gasteiger partial charge in [-0.1, -0.05) is 201 Å². The second-order valence-electron chi connectivity index (χ2n) is 4.55. The van der Waals surface area contributed by atoms with E-state index in [0.717, 1.165) is 12.8 Å². The van der Waals surface area contributed by atoms with Crippen LogP contribution in [0, 0.1) is 6.42 Å². The van der Waals surface area contributed by atoms with Crippen molar-refractivity contribution in [1.29, 1.82) is 0 Å². The maximum Gasteiger partial charge on any atom is 0.155 e. The van der Waals surface area contributed by atoms with Crippen molar-refractivity contribution in [3.8, 4) is 0 Å². The van der Waals surface area contributed by atoms with Crippen molar-refractivity contribution in [3.63, 3.8) is 0 Å². The lowest BCUT2D eigenvalue weighted by Crippen LogP contribution is -2.63. The molecule has 1 radical (unpaired) electrons. The Kier molecular flexibility index (Phi) is 12.8. The van der Waals surface area contributed by atoms with E-state index in [4.69, 9.17) is 0 Å². The zero-order valence-electron chi connectivity index (χ0n) is 11.1. The largest absolute Gasteiger partial charge is 0.155 e. The van der Waals surface area contributed by atoms with Crippen LogP contribution in [-0.4, -0.2) is 15.1 Å². The van der Waals surface area contributed by atoms with Gasteiger partial charge in [0.05, 0.1) is 0 Å². The molecule has 0 saturated heterocycles. The third-order valence-electron chi connectivity index (χ3n) is 2.84. The summed E-state index contributed by atoms with van der Waals surface area (Å²) in [7, 11) is 0. The maximum atomic E-state index is 3.85. The molecule has 0 N–H and O–H groups in total. The Morgan fingerprint density at radius 2 is 1.09 bits per heavy atom. The highest BCUT2D eigenvalue weighted by Crippen LogP contribution is 2.73. The van der Waals surface area contributed by atoms with Crippen molar-refractivity contribution in [1.82, 2.24) is 0 Å². The van der Waals surface area contributed by atoms with Crippen LogP contribution in [0.2, 0.25) is 0 Å². The first-order chi connectivity index (χ1) is 9.56. The van der Waals surface area contributed by atoms with Crippen molar-refractivity contribution < 1.29 is 0 Å². The van der Waals surface area contributed by atoms with E-state index in [1.54, 1.807) is 0 Å². The molecule has 0 atom stereocenters. The zero-order valence-corrected chi connectivity index (χ0v) is 28.5. The van der Waals surface area contributed by atoms with Crippen LogP contribution in [0.15, 0.2) is 0 Å². The van der Waals surface area contributed by atoms with Crippen molar-refractivity contribution in [3.05, 3.63) is 6.42 Å². The molecule has 0 aromatic carbocycles. The molecular formula is C11H12Br11. The van der Waals surface area contributed by atoms with Crippen LogP contribution >= 0.6 is 175 Å². The van der Waals surface area contributed by atoms with Crippen molar-refractivity contribution in [2.24, 2.45) is 0 Å². The normalized spacial score (nSPS) is 15.3. The van der Waals surface area contributed by atoms with Crippen LogP contribution in [0.1, 0.15) is 32.6 Å². The molecule has 133 valence electrons. The first kappa shape index (κ1) is 27.3. The predicted octanol–water partition coefficient (Wildman–Crippen LogP) is 10.6. The van der Waals surface area contributed by atoms with Crippen LogP contribution < -0.4 is 0 Å². The molecule has 0 spiro atoms. The van der Waals surface area contributed by atoms with Gasteiger partial charge in [-0.05, 0) is 12.8 Å². The maximum absolute atomic E-state index is 3.85. The Balaban J connectivity index is 5.62. The molecule has 0 aliphatic carbocycles. The fraction of sp³-hybridized carbons (Fsp3) is 0.909. The molecule has 0 aliphatic heterocycles. The molecule has 0 aromatic heterocycles. The first-order valence-corrected chi connectivity index (χ1v) is 14.7. The SMILES string of the molecule is CCCCC[CH]C(Br)(Br)C(Br)(Br)C(Br)(C(Br)(Br)Br)C(Br)(Br)Br. The number of rotatable bonds is 7. The third kappa shape index (κ3) is 6.39. The van der Waals surface area contributed by atoms with Gasteiger partial charge in [-0.3, -0.25) is 0 Å². The fourth-order valence-corrected chi connectivity index (χ4v) is 14.1. The molecule has 11 heteroatoms. The van der Waals surface area contributed by atoms with Crippen LogP contribution in [0.4, 0.5) is 0 Å². The Bertz CT molecular complexity index is 338. The molecule has 0 rings (SSSR count). The standard InChI is InChI=1S/C11H12Br11/c1-2-3-4-5-6-7(12,13)9(15,16)8(14,10(17,18)19)11(20,21)22/h6H,2-5H2,1H3. The van der Waals surface area contributed by atoms with Gasteiger partial charge in [-0.25, -0.2) is 0 Å². The van der Waals surface area contributed by atoms with Crippen molar-refractivity contribution in [2.45, 2.75) is 47.7 Å². The molecule has 22 heavy (non-hydrogen) atoms. The Labute approximate surface area is 225 Å². The van der Waals surface area contributed by atoms with Gasteiger partial charge < -0.3 is 0 Å². The number of unbranched alkanes of at least 4 members (excludes halogenated alkanes) is 3. The Hall–Kier alpha value is 5.28. The van der Waals surface area contributed by atoms with E-state index in [-0.39, 0.29) is 0 Å². The zero-order chi connectivity index (χ0) is 18.0. The lowest BCUT2D eigenvalue weighted by atomic mass is 10.0. The van der Waals surface area contributed by atoms with Crippen molar-refractivity contribution >= 4 is 175 Å². The van der Waals surface area contributed by atoms with Gasteiger partial charge in [-0.2, -0.15) is 0 Å². The van der Waals surface area contributed by atoms with Gasteiger partial charge in [0, 0.05) is 0 Å². The van der Waals surface area contributed by atoms with E-state index in [2.05, 4.69) is 189 Å². The minimum atomic E-state index is -0.728. The van der Waals surface area contributed by atoms with E-state index >= 15 is 0 Å². The van der Waals surface area contributed by atoms with E-state index in [9.17, 15) is 0 Å². The van der Waals surface area contributed by atoms with Crippen LogP contribution in [-0.2, 0) is 0 Å². The monoisotopic (exact) mass is 1010 g/mol. The average molecular weight is 1020 g/mol. The van der Waals surface area contributed by atoms with Crippen LogP contribution in [0.25, 0.3) is 0 Å². The van der Waals surface area contributed by atoms with Gasteiger partial charge in [0.25, 0.3) is 0 Å². The summed E-state index contributed by atoms with van der Waals surface area (Å²) >= 11 is 40.9. The summed E-state index contributed by atoms with van der Waals surface area (Å²) in [6.07, 6.45) is 6.72. The second kappa shape index (κ2) is 10.4. The molecule has 0 amide bonds. The van der Waals surface area contributed by atoms with Gasteiger partial charge in [0.2, 0.25) is 0 Å². The lowest BCUT2D eigenvalue weighted by molar-refractivity contribution is 0.594. The highest BCUT2D eigenvalue weighted by atomic mass is 80.0. The quantitative estimate of drug-likeness (QED) is 0.176. The topological polar surface area (TPSA) is 0 Å². The van der Waals surface area contributed by atoms with Gasteiger partial charge >= 0.3 is 0 Å². The van der Waals surface area contributed by atoms with E-state index in [1.807, 2.05) is 0 Å². The predicted molar refractivity (Wildman–Crippen MR) is 140 cm³/mol. The number of halogens is 11. The molecule has 0 aromatic rings. The molecule has 0 unspecified atom stereocenters. The minimum Gasteiger partial charge on any atom is -0.0758 e. The third-order valence-corrected chi connectivity index (χ3v) is 18.9. The highest BCUT2D eigenvalue weighted by molar-refractivity contribution is 9.42. The highest BCUT2D eigenvalue weighted by Gasteiger charge is 2.72. The number of alkyl halides is 11. The summed E-state index contributed by atoms with van der Waals surface area (Å²) in [6, 6.07) is 0. The summed E-state index contributed by atoms with van der Waals surface area (Å²) < 4.78 is -3.35. The second-order valence-corrected chi connectivity index (χ2v) is 26.3. The Morgan fingerprint density at radius 3 is 1.41 bits per heavy atom. The van der Waals surface area contributed by atoms with Gasteiger partial charge in [0.15, 0.2) is 4.29 Å². The molecular weight excluding hydrogens is 1010 g/mol. The smallest absolute Gasteiger partial charge is 0.0758 e. The summed E-state index contributed by atoms with van der Waals surface area (Å²) in [6.45, 7) is 2.20. The lowest BCUT2D eigenvalue weighted by Gasteiger charge is -2.53. The summed E-state index contributed by atoms with van der Waals surface area (Å²) in [5.41, 5.74) is 0. The minimum absolute atomic E-state index is 0.550. The van der Waals surface area contributed by atoms with Crippen LogP contribution in [0.5, 0.6) is 0 Å². The molecule has 0 nitrogen and oxygen atoms in total. The fourth-order valence-electron chi connectivity index (χ4n) is 1.55. The molecule has 0 aliphatic rings. The summed E-state index contributed by atoms with van der Waals surface area (Å²) in [5, 5.41) is 0. The van der Waals surface area contributed by atoms with Gasteiger partial charge in [0.1, 0.15) is 10.8 Å². The first-order valence-electron chi connectivity index (χ1n) is 5.98. The van der Waals surface area contributed by atoms with E-state index in [1.165, 1.54) is 12.8 Å². The van der Waals surface area contributed by atoms with E-state index in [0.29, 0.717) is 0 Å². The molecule has 0 fully saturated rings. The van der Waals surface area contributed by atoms with E-state index < -0.39 is 15.1 Å². The Morgan fingerprint density at radius 1 is 0.682 bits per heavy atom. The summed E-state index contributed by atoms with van der Waals surface area (Å²) in [4.78, 5) is 0. The molecule has 0 bridgehead atoms. The number of hydrogen-bond donors (Lipinski definition) is 0. The van der Waals surface area contributed by atoms with Gasteiger partial charge in [-0.15, -0.1) is 0 Å². The average Bonchev–Trinajstić information content (AvgIpc) is 2.30. The van der Waals surface area contributed by atoms with Crippen molar-refractivity contribution in [2.75, 3.05) is 0 Å². The number of hydrogen-bond acceptors (Lipinski definition) is 0. The summed E-state index contributed by atoms with van der Waals surface area (Å²) in [5.74, 6) is 0. The molecule has 0 heterocycles.